The van der Waals surface area contributed by atoms with Gasteiger partial charge in [0.05, 0.1) is 19.2 Å². The molecular formula is C32H39N3O3. The minimum atomic E-state index is -0.0713. The molecule has 1 aliphatic rings. The standard InChI is InChI=1S/C32H39N3O3/c1-7-10-17-25-28(30-22(8-2)14-13-15-23(30)9-3)21(5)29(31(36)33-25)32-35-34-27(38-32)19-20(4)24-16-11-12-18-26(24)37-6/h11,13-16H,4,7-10,12,17-19H2,1-3,5-6H3,(H,33,36). The van der Waals surface area contributed by atoms with Gasteiger partial charge in [-0.25, -0.2) is 4.98 Å². The van der Waals surface area contributed by atoms with Crippen LogP contribution in [0.1, 0.15) is 74.7 Å². The Hall–Kier alpha value is -3.67. The van der Waals surface area contributed by atoms with Gasteiger partial charge in [0.15, 0.2) is 0 Å². The Morgan fingerprint density at radius 3 is 2.47 bits per heavy atom. The number of rotatable bonds is 11. The van der Waals surface area contributed by atoms with Gasteiger partial charge in [-0.3, -0.25) is 0 Å². The van der Waals surface area contributed by atoms with Crippen LogP contribution in [0, 0.1) is 6.92 Å². The molecule has 0 fully saturated rings. The average molecular weight is 514 g/mol. The molecule has 1 aromatic carbocycles. The fraction of sp³-hybridized carbons (Fsp3) is 0.406. The van der Waals surface area contributed by atoms with Crippen LogP contribution < -0.4 is 0 Å². The SMILES string of the molecule is C=C(Cc1nnc(-c2c(O)nc(CCCC)c(-c3c(CC)cccc3CC)c2C)o1)C1=C(OC)CCC=C1. The highest BCUT2D eigenvalue weighted by atomic mass is 16.5. The van der Waals surface area contributed by atoms with E-state index < -0.39 is 0 Å². The van der Waals surface area contributed by atoms with Crippen molar-refractivity contribution in [1.82, 2.24) is 15.2 Å². The molecule has 6 heteroatoms. The van der Waals surface area contributed by atoms with Gasteiger partial charge in [-0.15, -0.1) is 10.2 Å². The summed E-state index contributed by atoms with van der Waals surface area (Å²) in [4.78, 5) is 4.72. The van der Waals surface area contributed by atoms with Crippen molar-refractivity contribution in [2.75, 3.05) is 7.11 Å². The summed E-state index contributed by atoms with van der Waals surface area (Å²) in [5, 5.41) is 19.8. The molecule has 0 unspecified atom stereocenters. The molecule has 3 aromatic rings. The lowest BCUT2D eigenvalue weighted by Crippen LogP contribution is -2.05. The smallest absolute Gasteiger partial charge is 0.253 e. The first-order valence-corrected chi connectivity index (χ1v) is 13.7. The monoisotopic (exact) mass is 513 g/mol. The lowest BCUT2D eigenvalue weighted by atomic mass is 9.86. The van der Waals surface area contributed by atoms with E-state index in [2.05, 4.69) is 61.8 Å². The second kappa shape index (κ2) is 12.2. The van der Waals surface area contributed by atoms with E-state index in [4.69, 9.17) is 14.1 Å². The highest BCUT2D eigenvalue weighted by molar-refractivity contribution is 5.82. The Labute approximate surface area is 226 Å². The van der Waals surface area contributed by atoms with Gasteiger partial charge in [-0.2, -0.15) is 0 Å². The highest BCUT2D eigenvalue weighted by Gasteiger charge is 2.25. The Morgan fingerprint density at radius 2 is 1.82 bits per heavy atom. The maximum absolute atomic E-state index is 11.1. The van der Waals surface area contributed by atoms with Crippen molar-refractivity contribution in [1.29, 1.82) is 0 Å². The molecule has 4 rings (SSSR count). The summed E-state index contributed by atoms with van der Waals surface area (Å²) in [5.74, 6) is 1.55. The van der Waals surface area contributed by atoms with E-state index in [-0.39, 0.29) is 11.8 Å². The van der Waals surface area contributed by atoms with Crippen LogP contribution in [0.4, 0.5) is 0 Å². The second-order valence-electron chi connectivity index (χ2n) is 9.78. The number of aromatic nitrogens is 3. The number of ether oxygens (including phenoxy) is 1. The molecule has 0 radical (unpaired) electrons. The molecule has 0 amide bonds. The minimum Gasteiger partial charge on any atom is -0.500 e. The molecule has 0 saturated carbocycles. The van der Waals surface area contributed by atoms with Crippen molar-refractivity contribution in [3.63, 3.8) is 0 Å². The third-order valence-corrected chi connectivity index (χ3v) is 7.31. The fourth-order valence-corrected chi connectivity index (χ4v) is 5.30. The first kappa shape index (κ1) is 27.4. The van der Waals surface area contributed by atoms with E-state index >= 15 is 0 Å². The lowest BCUT2D eigenvalue weighted by molar-refractivity contribution is 0.273. The van der Waals surface area contributed by atoms with Crippen molar-refractivity contribution in [3.05, 3.63) is 82.1 Å². The Kier molecular flexibility index (Phi) is 8.82. The number of hydrogen-bond acceptors (Lipinski definition) is 6. The molecular weight excluding hydrogens is 474 g/mol. The van der Waals surface area contributed by atoms with Crippen LogP contribution in [0.3, 0.4) is 0 Å². The Morgan fingerprint density at radius 1 is 1.08 bits per heavy atom. The van der Waals surface area contributed by atoms with E-state index in [1.54, 1.807) is 7.11 Å². The van der Waals surface area contributed by atoms with E-state index in [0.29, 0.717) is 17.9 Å². The number of methoxy groups -OCH3 is 1. The first-order chi connectivity index (χ1) is 18.4. The Balaban J connectivity index is 1.79. The van der Waals surface area contributed by atoms with Gasteiger partial charge >= 0.3 is 0 Å². The quantitative estimate of drug-likeness (QED) is 0.284. The number of pyridine rings is 1. The van der Waals surface area contributed by atoms with Crippen LogP contribution >= 0.6 is 0 Å². The molecule has 2 aromatic heterocycles. The molecule has 0 bridgehead atoms. The summed E-state index contributed by atoms with van der Waals surface area (Å²) >= 11 is 0. The Bertz CT molecular complexity index is 1360. The topological polar surface area (TPSA) is 81.3 Å². The number of unbranched alkanes of at least 4 members (excludes halogenated alkanes) is 1. The van der Waals surface area contributed by atoms with Crippen molar-refractivity contribution in [3.8, 4) is 28.5 Å². The van der Waals surface area contributed by atoms with Crippen LogP contribution in [0.25, 0.3) is 22.6 Å². The number of aromatic hydroxyl groups is 1. The number of benzene rings is 1. The number of hydrogen-bond donors (Lipinski definition) is 1. The van der Waals surface area contributed by atoms with Gasteiger partial charge in [0.25, 0.3) is 5.89 Å². The highest BCUT2D eigenvalue weighted by Crippen LogP contribution is 2.41. The summed E-state index contributed by atoms with van der Waals surface area (Å²) < 4.78 is 11.7. The molecule has 0 aliphatic heterocycles. The largest absolute Gasteiger partial charge is 0.500 e. The average Bonchev–Trinajstić information content (AvgIpc) is 3.38. The number of aryl methyl sites for hydroxylation is 3. The van der Waals surface area contributed by atoms with Gasteiger partial charge in [-0.05, 0) is 66.9 Å². The summed E-state index contributed by atoms with van der Waals surface area (Å²) in [6, 6.07) is 6.49. The lowest BCUT2D eigenvalue weighted by Gasteiger charge is -2.20. The molecule has 38 heavy (non-hydrogen) atoms. The normalized spacial score (nSPS) is 13.3. The van der Waals surface area contributed by atoms with E-state index in [0.717, 1.165) is 78.7 Å². The summed E-state index contributed by atoms with van der Waals surface area (Å²) in [6.07, 6.45) is 11.0. The third-order valence-electron chi connectivity index (χ3n) is 7.31. The van der Waals surface area contributed by atoms with E-state index in [1.807, 2.05) is 13.0 Å². The van der Waals surface area contributed by atoms with Crippen LogP contribution in [-0.2, 0) is 30.4 Å². The molecule has 6 nitrogen and oxygen atoms in total. The molecule has 2 heterocycles. The maximum atomic E-state index is 11.1. The van der Waals surface area contributed by atoms with Gasteiger partial charge < -0.3 is 14.3 Å². The predicted octanol–water partition coefficient (Wildman–Crippen LogP) is 7.63. The molecule has 200 valence electrons. The zero-order valence-corrected chi connectivity index (χ0v) is 23.4. The van der Waals surface area contributed by atoms with E-state index in [9.17, 15) is 5.11 Å². The van der Waals surface area contributed by atoms with Crippen molar-refractivity contribution < 1.29 is 14.3 Å². The zero-order valence-electron chi connectivity index (χ0n) is 23.4. The minimum absolute atomic E-state index is 0.0713. The van der Waals surface area contributed by atoms with Crippen molar-refractivity contribution in [2.45, 2.75) is 79.1 Å². The predicted molar refractivity (Wildman–Crippen MR) is 152 cm³/mol. The maximum Gasteiger partial charge on any atom is 0.253 e. The van der Waals surface area contributed by atoms with Crippen LogP contribution in [-0.4, -0.2) is 27.4 Å². The van der Waals surface area contributed by atoms with Crippen molar-refractivity contribution in [2.24, 2.45) is 0 Å². The van der Waals surface area contributed by atoms with Crippen molar-refractivity contribution >= 4 is 0 Å². The van der Waals surface area contributed by atoms with Gasteiger partial charge in [0, 0.05) is 17.6 Å². The molecule has 0 atom stereocenters. The van der Waals surface area contributed by atoms with Crippen LogP contribution in [0.5, 0.6) is 5.88 Å². The zero-order chi connectivity index (χ0) is 27.2. The van der Waals surface area contributed by atoms with E-state index in [1.165, 1.54) is 16.7 Å². The number of nitrogens with zero attached hydrogens (tertiary/aromatic N) is 3. The van der Waals surface area contributed by atoms with Gasteiger partial charge in [0.1, 0.15) is 11.3 Å². The van der Waals surface area contributed by atoms with Crippen LogP contribution in [0.2, 0.25) is 0 Å². The fourth-order valence-electron chi connectivity index (χ4n) is 5.30. The summed E-state index contributed by atoms with van der Waals surface area (Å²) in [5.41, 5.74) is 8.98. The first-order valence-electron chi connectivity index (χ1n) is 13.7. The number of allylic oxidation sites excluding steroid dienone is 5. The molecule has 1 aliphatic carbocycles. The van der Waals surface area contributed by atoms with Gasteiger partial charge in [-0.1, -0.05) is 64.1 Å². The molecule has 1 N–H and O–H groups in total. The van der Waals surface area contributed by atoms with Gasteiger partial charge in [0.2, 0.25) is 11.8 Å². The summed E-state index contributed by atoms with van der Waals surface area (Å²) in [7, 11) is 1.69. The summed E-state index contributed by atoms with van der Waals surface area (Å²) in [6.45, 7) is 12.8. The van der Waals surface area contributed by atoms with Crippen LogP contribution in [0.15, 0.2) is 58.3 Å². The third kappa shape index (κ3) is 5.45. The molecule has 0 saturated heterocycles. The second-order valence-corrected chi connectivity index (χ2v) is 9.78. The molecule has 0 spiro atoms.